The van der Waals surface area contributed by atoms with Crippen molar-refractivity contribution in [1.29, 1.82) is 0 Å². The van der Waals surface area contributed by atoms with Crippen LogP contribution in [0.3, 0.4) is 0 Å². The first-order valence-corrected chi connectivity index (χ1v) is 6.46. The minimum atomic E-state index is 0.217. The number of aromatic nitrogens is 2. The summed E-state index contributed by atoms with van der Waals surface area (Å²) in [5.41, 5.74) is 7.09. The topological polar surface area (TPSA) is 55.9 Å². The van der Waals surface area contributed by atoms with Crippen LogP contribution in [0.25, 0.3) is 0 Å². The van der Waals surface area contributed by atoms with E-state index in [0.717, 1.165) is 25.8 Å². The first kappa shape index (κ1) is 12.3. The van der Waals surface area contributed by atoms with Gasteiger partial charge >= 0.3 is 0 Å². The third kappa shape index (κ3) is 2.96. The summed E-state index contributed by atoms with van der Waals surface area (Å²) in [6.45, 7) is 3.80. The average molecular weight is 234 g/mol. The lowest BCUT2D eigenvalue weighted by Crippen LogP contribution is -2.36. The molecule has 17 heavy (non-hydrogen) atoms. The van der Waals surface area contributed by atoms with Crippen LogP contribution in [0.15, 0.2) is 24.7 Å². The number of nitrogens with one attached hydrogen (secondary N) is 1. The van der Waals surface area contributed by atoms with Crippen LogP contribution in [0, 0.1) is 0 Å². The van der Waals surface area contributed by atoms with Gasteiger partial charge in [-0.3, -0.25) is 0 Å². The van der Waals surface area contributed by atoms with Crippen molar-refractivity contribution in [1.82, 2.24) is 14.9 Å². The zero-order valence-electron chi connectivity index (χ0n) is 10.5. The molecule has 0 saturated carbocycles. The molecule has 0 spiro atoms. The van der Waals surface area contributed by atoms with Crippen molar-refractivity contribution >= 4 is 0 Å². The van der Waals surface area contributed by atoms with Crippen molar-refractivity contribution in [3.8, 4) is 0 Å². The Morgan fingerprint density at radius 3 is 2.94 bits per heavy atom. The minimum Gasteiger partial charge on any atom is -0.333 e. The van der Waals surface area contributed by atoms with E-state index >= 15 is 0 Å². The van der Waals surface area contributed by atoms with Gasteiger partial charge in [-0.1, -0.05) is 19.1 Å². The lowest BCUT2D eigenvalue weighted by atomic mass is 10.1. The molecule has 2 rings (SSSR count). The average Bonchev–Trinajstić information content (AvgIpc) is 2.97. The molecule has 4 nitrogen and oxygen atoms in total. The summed E-state index contributed by atoms with van der Waals surface area (Å²) in [6.07, 6.45) is 11.6. The number of hydrogen-bond donors (Lipinski definition) is 2. The van der Waals surface area contributed by atoms with E-state index in [9.17, 15) is 0 Å². The van der Waals surface area contributed by atoms with Crippen molar-refractivity contribution in [2.45, 2.75) is 44.8 Å². The Hall–Kier alpha value is -1.13. The zero-order valence-corrected chi connectivity index (χ0v) is 10.5. The van der Waals surface area contributed by atoms with E-state index in [4.69, 9.17) is 5.73 Å². The van der Waals surface area contributed by atoms with Gasteiger partial charge < -0.3 is 15.6 Å². The van der Waals surface area contributed by atoms with Crippen molar-refractivity contribution in [3.05, 3.63) is 30.4 Å². The normalized spacial score (nSPS) is 17.8. The molecule has 1 aromatic rings. The summed E-state index contributed by atoms with van der Waals surface area (Å²) in [4.78, 5) is 4.24. The van der Waals surface area contributed by atoms with Gasteiger partial charge in [-0.25, -0.2) is 4.98 Å². The molecule has 1 aromatic heterocycles. The molecule has 1 aliphatic carbocycles. The predicted molar refractivity (Wildman–Crippen MR) is 69.6 cm³/mol. The second kappa shape index (κ2) is 5.98. The van der Waals surface area contributed by atoms with Crippen molar-refractivity contribution in [2.75, 3.05) is 6.54 Å². The third-order valence-corrected chi connectivity index (χ3v) is 3.25. The van der Waals surface area contributed by atoms with Gasteiger partial charge in [-0.15, -0.1) is 0 Å². The van der Waals surface area contributed by atoms with Crippen LogP contribution in [0.2, 0.25) is 0 Å². The van der Waals surface area contributed by atoms with Crippen molar-refractivity contribution < 1.29 is 0 Å². The Morgan fingerprint density at radius 2 is 2.29 bits per heavy atom. The zero-order chi connectivity index (χ0) is 12.1. The Kier molecular flexibility index (Phi) is 4.34. The van der Waals surface area contributed by atoms with Gasteiger partial charge in [0.2, 0.25) is 0 Å². The van der Waals surface area contributed by atoms with Crippen LogP contribution in [0.5, 0.6) is 0 Å². The van der Waals surface area contributed by atoms with E-state index in [-0.39, 0.29) is 6.04 Å². The lowest BCUT2D eigenvalue weighted by molar-refractivity contribution is 0.431. The Balaban J connectivity index is 2.02. The molecule has 94 valence electrons. The van der Waals surface area contributed by atoms with E-state index in [1.165, 1.54) is 5.69 Å². The van der Waals surface area contributed by atoms with E-state index in [0.29, 0.717) is 12.6 Å². The van der Waals surface area contributed by atoms with Crippen LogP contribution < -0.4 is 11.1 Å². The Labute approximate surface area is 103 Å². The molecule has 0 aliphatic heterocycles. The summed E-state index contributed by atoms with van der Waals surface area (Å²) in [6, 6.07) is 0.752. The quantitative estimate of drug-likeness (QED) is 0.735. The Morgan fingerprint density at radius 1 is 1.53 bits per heavy atom. The summed E-state index contributed by atoms with van der Waals surface area (Å²) in [5, 5.41) is 3.62. The predicted octanol–water partition coefficient (Wildman–Crippen LogP) is 1.60. The smallest absolute Gasteiger partial charge is 0.0948 e. The monoisotopic (exact) mass is 234 g/mol. The highest BCUT2D eigenvalue weighted by molar-refractivity contribution is 5.08. The highest BCUT2D eigenvalue weighted by Gasteiger charge is 2.19. The maximum atomic E-state index is 5.88. The van der Waals surface area contributed by atoms with E-state index in [1.807, 2.05) is 12.5 Å². The molecular weight excluding hydrogens is 212 g/mol. The summed E-state index contributed by atoms with van der Waals surface area (Å²) >= 11 is 0. The summed E-state index contributed by atoms with van der Waals surface area (Å²) < 4.78 is 2.20. The maximum Gasteiger partial charge on any atom is 0.0948 e. The second-order valence-electron chi connectivity index (χ2n) is 4.61. The first-order chi connectivity index (χ1) is 8.35. The first-order valence-electron chi connectivity index (χ1n) is 6.46. The number of imidazole rings is 1. The van der Waals surface area contributed by atoms with E-state index in [1.54, 1.807) is 0 Å². The molecule has 0 saturated heterocycles. The SMILES string of the molecule is CCCn1cncc1C(CN)NC1CC=CC1. The fourth-order valence-electron chi connectivity index (χ4n) is 2.36. The molecule has 3 N–H and O–H groups in total. The second-order valence-corrected chi connectivity index (χ2v) is 4.61. The highest BCUT2D eigenvalue weighted by atomic mass is 15.1. The molecular formula is C13H22N4. The van der Waals surface area contributed by atoms with Gasteiger partial charge in [0.05, 0.1) is 18.1 Å². The number of nitrogens with zero attached hydrogens (tertiary/aromatic N) is 2. The fourth-order valence-corrected chi connectivity index (χ4v) is 2.36. The molecule has 4 heteroatoms. The summed E-state index contributed by atoms with van der Waals surface area (Å²) in [7, 11) is 0. The van der Waals surface area contributed by atoms with Crippen LogP contribution in [0.1, 0.15) is 37.9 Å². The van der Waals surface area contributed by atoms with Crippen LogP contribution in [-0.4, -0.2) is 22.1 Å². The standard InChI is InChI=1S/C13H22N4/c1-2-7-17-10-15-9-13(17)12(8-14)16-11-5-3-4-6-11/h3-4,9-12,16H,2,5-8,14H2,1H3. The van der Waals surface area contributed by atoms with E-state index in [2.05, 4.69) is 33.9 Å². The molecule has 1 unspecified atom stereocenters. The van der Waals surface area contributed by atoms with Crippen molar-refractivity contribution in [3.63, 3.8) is 0 Å². The van der Waals surface area contributed by atoms with Crippen LogP contribution in [-0.2, 0) is 6.54 Å². The Bertz CT molecular complexity index is 361. The summed E-state index contributed by atoms with van der Waals surface area (Å²) in [5.74, 6) is 0. The van der Waals surface area contributed by atoms with Crippen LogP contribution >= 0.6 is 0 Å². The number of rotatable bonds is 6. The van der Waals surface area contributed by atoms with Crippen molar-refractivity contribution in [2.24, 2.45) is 5.73 Å². The molecule has 1 atom stereocenters. The maximum absolute atomic E-state index is 5.88. The van der Waals surface area contributed by atoms with Gasteiger partial charge in [-0.05, 0) is 19.3 Å². The molecule has 0 bridgehead atoms. The molecule has 1 aliphatic rings. The fraction of sp³-hybridized carbons (Fsp3) is 0.615. The number of aryl methyl sites for hydroxylation is 1. The van der Waals surface area contributed by atoms with Gasteiger partial charge in [0, 0.05) is 25.3 Å². The molecule has 0 aromatic carbocycles. The third-order valence-electron chi connectivity index (χ3n) is 3.25. The number of hydrogen-bond acceptors (Lipinski definition) is 3. The molecule has 0 amide bonds. The minimum absolute atomic E-state index is 0.217. The van der Waals surface area contributed by atoms with Gasteiger partial charge in [0.25, 0.3) is 0 Å². The molecule has 0 fully saturated rings. The lowest BCUT2D eigenvalue weighted by Gasteiger charge is -2.22. The van der Waals surface area contributed by atoms with Gasteiger partial charge in [-0.2, -0.15) is 0 Å². The van der Waals surface area contributed by atoms with Gasteiger partial charge in [0.15, 0.2) is 0 Å². The van der Waals surface area contributed by atoms with Gasteiger partial charge in [0.1, 0.15) is 0 Å². The molecule has 0 radical (unpaired) electrons. The number of nitrogens with two attached hydrogens (primary N) is 1. The van der Waals surface area contributed by atoms with E-state index < -0.39 is 0 Å². The highest BCUT2D eigenvalue weighted by Crippen LogP contribution is 2.17. The largest absolute Gasteiger partial charge is 0.333 e. The molecule has 1 heterocycles. The van der Waals surface area contributed by atoms with Crippen LogP contribution in [0.4, 0.5) is 0 Å².